The Kier molecular flexibility index (Phi) is 5.40. The third-order valence-corrected chi connectivity index (χ3v) is 4.07. The third kappa shape index (κ3) is 5.04. The summed E-state index contributed by atoms with van der Waals surface area (Å²) >= 11 is 7.05. The van der Waals surface area contributed by atoms with Gasteiger partial charge in [0.2, 0.25) is 0 Å². The molecule has 0 aliphatic rings. The van der Waals surface area contributed by atoms with E-state index in [1.54, 1.807) is 11.3 Å². The highest BCUT2D eigenvalue weighted by Crippen LogP contribution is 2.26. The van der Waals surface area contributed by atoms with Gasteiger partial charge < -0.3 is 10.6 Å². The van der Waals surface area contributed by atoms with Gasteiger partial charge in [-0.25, -0.2) is 0 Å². The highest BCUT2D eigenvalue weighted by molar-refractivity contribution is 7.80. The van der Waals surface area contributed by atoms with Crippen molar-refractivity contribution < 1.29 is 0 Å². The van der Waals surface area contributed by atoms with Crippen molar-refractivity contribution in [3.8, 4) is 0 Å². The van der Waals surface area contributed by atoms with Crippen LogP contribution in [-0.4, -0.2) is 18.2 Å². The Labute approximate surface area is 114 Å². The van der Waals surface area contributed by atoms with Crippen LogP contribution >= 0.6 is 23.6 Å². The first-order valence-electron chi connectivity index (χ1n) is 5.97. The molecule has 0 spiro atoms. The summed E-state index contributed by atoms with van der Waals surface area (Å²) in [5, 5.41) is 9.39. The van der Waals surface area contributed by atoms with Crippen molar-refractivity contribution >= 4 is 28.7 Å². The molecule has 2 nitrogen and oxygen atoms in total. The molecule has 2 N–H and O–H groups in total. The van der Waals surface area contributed by atoms with Crippen LogP contribution in [0.1, 0.15) is 32.6 Å². The zero-order valence-electron chi connectivity index (χ0n) is 11.0. The number of rotatable bonds is 5. The van der Waals surface area contributed by atoms with E-state index in [0.717, 1.165) is 18.2 Å². The summed E-state index contributed by atoms with van der Waals surface area (Å²) in [6.07, 6.45) is 0. The number of thiocarbonyl (C=S) groups is 1. The SMILES string of the molecule is CC(C)CNC(=S)NCC(C)(C)c1cccs1. The highest BCUT2D eigenvalue weighted by atomic mass is 32.1. The van der Waals surface area contributed by atoms with Crippen LogP contribution < -0.4 is 10.6 Å². The molecule has 0 fully saturated rings. The largest absolute Gasteiger partial charge is 0.362 e. The molecule has 0 unspecified atom stereocenters. The average Bonchev–Trinajstić information content (AvgIpc) is 2.77. The topological polar surface area (TPSA) is 24.1 Å². The zero-order chi connectivity index (χ0) is 12.9. The monoisotopic (exact) mass is 270 g/mol. The molecule has 0 aliphatic heterocycles. The fraction of sp³-hybridized carbons (Fsp3) is 0.615. The molecular weight excluding hydrogens is 248 g/mol. The van der Waals surface area contributed by atoms with E-state index < -0.39 is 0 Å². The van der Waals surface area contributed by atoms with Gasteiger partial charge in [-0.05, 0) is 29.6 Å². The Morgan fingerprint density at radius 1 is 1.41 bits per heavy atom. The summed E-state index contributed by atoms with van der Waals surface area (Å²) in [6, 6.07) is 4.27. The highest BCUT2D eigenvalue weighted by Gasteiger charge is 2.21. The van der Waals surface area contributed by atoms with Crippen LogP contribution in [-0.2, 0) is 5.41 Å². The van der Waals surface area contributed by atoms with Crippen molar-refractivity contribution in [2.75, 3.05) is 13.1 Å². The lowest BCUT2D eigenvalue weighted by Gasteiger charge is -2.24. The van der Waals surface area contributed by atoms with Crippen LogP contribution in [0.2, 0.25) is 0 Å². The lowest BCUT2D eigenvalue weighted by molar-refractivity contribution is 0.518. The van der Waals surface area contributed by atoms with Gasteiger partial charge in [-0.2, -0.15) is 0 Å². The van der Waals surface area contributed by atoms with Crippen LogP contribution in [0.15, 0.2) is 17.5 Å². The van der Waals surface area contributed by atoms with Crippen molar-refractivity contribution in [1.29, 1.82) is 0 Å². The van der Waals surface area contributed by atoms with Crippen molar-refractivity contribution in [3.63, 3.8) is 0 Å². The van der Waals surface area contributed by atoms with E-state index in [9.17, 15) is 0 Å². The van der Waals surface area contributed by atoms with Gasteiger partial charge in [-0.3, -0.25) is 0 Å². The van der Waals surface area contributed by atoms with Gasteiger partial charge in [0.1, 0.15) is 0 Å². The van der Waals surface area contributed by atoms with Gasteiger partial charge >= 0.3 is 0 Å². The van der Waals surface area contributed by atoms with Crippen molar-refractivity contribution in [2.24, 2.45) is 5.92 Å². The van der Waals surface area contributed by atoms with E-state index in [4.69, 9.17) is 12.2 Å². The van der Waals surface area contributed by atoms with Gasteiger partial charge in [-0.1, -0.05) is 33.8 Å². The number of thiophene rings is 1. The molecule has 0 radical (unpaired) electrons. The Balaban J connectivity index is 2.37. The van der Waals surface area contributed by atoms with Gasteiger partial charge in [0.15, 0.2) is 5.11 Å². The van der Waals surface area contributed by atoms with Gasteiger partial charge in [0.05, 0.1) is 0 Å². The Hall–Kier alpha value is -0.610. The smallest absolute Gasteiger partial charge is 0.166 e. The number of hydrogen-bond acceptors (Lipinski definition) is 2. The quantitative estimate of drug-likeness (QED) is 0.804. The average molecular weight is 270 g/mol. The normalized spacial score (nSPS) is 11.6. The summed E-state index contributed by atoms with van der Waals surface area (Å²) < 4.78 is 0. The molecule has 0 aliphatic carbocycles. The third-order valence-electron chi connectivity index (χ3n) is 2.55. The van der Waals surface area contributed by atoms with E-state index >= 15 is 0 Å². The summed E-state index contributed by atoms with van der Waals surface area (Å²) in [6.45, 7) is 10.6. The molecule has 0 atom stereocenters. The molecule has 0 aromatic carbocycles. The first-order valence-corrected chi connectivity index (χ1v) is 7.26. The van der Waals surface area contributed by atoms with E-state index in [2.05, 4.69) is 55.8 Å². The molecule has 0 saturated carbocycles. The van der Waals surface area contributed by atoms with E-state index in [1.807, 2.05) is 0 Å². The van der Waals surface area contributed by atoms with Crippen LogP contribution in [0.5, 0.6) is 0 Å². The maximum absolute atomic E-state index is 5.25. The number of hydrogen-bond donors (Lipinski definition) is 2. The molecule has 1 rings (SSSR count). The standard InChI is InChI=1S/C13H22N2S2/c1-10(2)8-14-12(16)15-9-13(3,4)11-6-5-7-17-11/h5-7,10H,8-9H2,1-4H3,(H2,14,15,16). The van der Waals surface area contributed by atoms with Gasteiger partial charge in [0.25, 0.3) is 0 Å². The van der Waals surface area contributed by atoms with Crippen LogP contribution in [0.4, 0.5) is 0 Å². The molecular formula is C13H22N2S2. The molecule has 0 bridgehead atoms. The van der Waals surface area contributed by atoms with E-state index in [1.165, 1.54) is 4.88 Å². The maximum Gasteiger partial charge on any atom is 0.166 e. The lowest BCUT2D eigenvalue weighted by Crippen LogP contribution is -2.42. The molecule has 17 heavy (non-hydrogen) atoms. The Morgan fingerprint density at radius 2 is 2.12 bits per heavy atom. The minimum Gasteiger partial charge on any atom is -0.362 e. The van der Waals surface area contributed by atoms with E-state index in [0.29, 0.717) is 5.92 Å². The van der Waals surface area contributed by atoms with Crippen LogP contribution in [0.25, 0.3) is 0 Å². The second-order valence-electron chi connectivity index (χ2n) is 5.32. The molecule has 0 amide bonds. The molecule has 1 aromatic heterocycles. The molecule has 4 heteroatoms. The van der Waals surface area contributed by atoms with E-state index in [-0.39, 0.29) is 5.41 Å². The fourth-order valence-electron chi connectivity index (χ4n) is 1.41. The number of nitrogens with one attached hydrogen (secondary N) is 2. The molecule has 0 saturated heterocycles. The first-order chi connectivity index (χ1) is 7.92. The van der Waals surface area contributed by atoms with Gasteiger partial charge in [0, 0.05) is 23.4 Å². The first kappa shape index (κ1) is 14.5. The predicted molar refractivity (Wildman–Crippen MR) is 80.8 cm³/mol. The summed E-state index contributed by atoms with van der Waals surface area (Å²) in [5.41, 5.74) is 0.123. The lowest BCUT2D eigenvalue weighted by atomic mass is 9.91. The summed E-state index contributed by atoms with van der Waals surface area (Å²) in [7, 11) is 0. The predicted octanol–water partition coefficient (Wildman–Crippen LogP) is 3.15. The van der Waals surface area contributed by atoms with Crippen molar-refractivity contribution in [1.82, 2.24) is 10.6 Å². The maximum atomic E-state index is 5.25. The molecule has 1 heterocycles. The van der Waals surface area contributed by atoms with Crippen LogP contribution in [0, 0.1) is 5.92 Å². The fourth-order valence-corrected chi connectivity index (χ4v) is 2.42. The second kappa shape index (κ2) is 6.36. The van der Waals surface area contributed by atoms with Crippen molar-refractivity contribution in [3.05, 3.63) is 22.4 Å². The second-order valence-corrected chi connectivity index (χ2v) is 6.67. The summed E-state index contributed by atoms with van der Waals surface area (Å²) in [5.74, 6) is 0.611. The van der Waals surface area contributed by atoms with Gasteiger partial charge in [-0.15, -0.1) is 11.3 Å². The Bertz CT molecular complexity index is 342. The minimum atomic E-state index is 0.123. The molecule has 96 valence electrons. The minimum absolute atomic E-state index is 0.123. The molecule has 1 aromatic rings. The van der Waals surface area contributed by atoms with Crippen molar-refractivity contribution in [2.45, 2.75) is 33.1 Å². The van der Waals surface area contributed by atoms with Crippen LogP contribution in [0.3, 0.4) is 0 Å². The summed E-state index contributed by atoms with van der Waals surface area (Å²) in [4.78, 5) is 1.39. The zero-order valence-corrected chi connectivity index (χ0v) is 12.7. The Morgan fingerprint density at radius 3 is 2.65 bits per heavy atom.